The molecule has 0 aliphatic heterocycles. The highest BCUT2D eigenvalue weighted by Crippen LogP contribution is 2.37. The van der Waals surface area contributed by atoms with E-state index >= 15 is 0 Å². The molecule has 0 amide bonds. The molecule has 15 heteroatoms. The third-order valence-electron chi connectivity index (χ3n) is 7.35. The van der Waals surface area contributed by atoms with Crippen LogP contribution in [0, 0.1) is 5.92 Å². The molecule has 1 fully saturated rings. The molecule has 4 rings (SSSR count). The normalized spacial score (nSPS) is 15.2. The summed E-state index contributed by atoms with van der Waals surface area (Å²) in [6.07, 6.45) is -8.35. The van der Waals surface area contributed by atoms with Crippen LogP contribution in [-0.2, 0) is 50.0 Å². The molecule has 0 bridgehead atoms. The number of halogens is 9. The minimum Gasteiger partial charge on any atom is -0.377 e. The molecular weight excluding hydrogens is 593 g/mol. The Bertz CT molecular complexity index is 1330. The smallest absolute Gasteiger partial charge is 0.377 e. The van der Waals surface area contributed by atoms with Crippen LogP contribution >= 0.6 is 0 Å². The first-order chi connectivity index (χ1) is 20.1. The zero-order valence-corrected chi connectivity index (χ0v) is 23.2. The molecule has 236 valence electrons. The van der Waals surface area contributed by atoms with Crippen LogP contribution in [0.5, 0.6) is 0 Å². The second kappa shape index (κ2) is 13.1. The van der Waals surface area contributed by atoms with Gasteiger partial charge in [0.1, 0.15) is 0 Å². The van der Waals surface area contributed by atoms with Gasteiger partial charge in [-0.1, -0.05) is 43.3 Å². The van der Waals surface area contributed by atoms with Gasteiger partial charge in [-0.05, 0) is 64.6 Å². The van der Waals surface area contributed by atoms with Gasteiger partial charge in [0, 0.05) is 19.7 Å². The van der Waals surface area contributed by atoms with Gasteiger partial charge >= 0.3 is 18.5 Å². The van der Waals surface area contributed by atoms with Gasteiger partial charge in [-0.2, -0.15) is 44.3 Å². The highest BCUT2D eigenvalue weighted by molar-refractivity contribution is 5.41. The van der Waals surface area contributed by atoms with Gasteiger partial charge in [0.15, 0.2) is 0 Å². The summed E-state index contributed by atoms with van der Waals surface area (Å²) in [6, 6.07) is 4.16. The molecule has 3 aromatic rings. The maximum atomic E-state index is 13.6. The molecule has 0 radical (unpaired) electrons. The first kappa shape index (κ1) is 32.6. The Morgan fingerprint density at radius 3 is 1.98 bits per heavy atom. The first-order valence-electron chi connectivity index (χ1n) is 13.6. The number of hydrogen-bond acceptors (Lipinski definition) is 5. The number of aromatic nitrogens is 4. The van der Waals surface area contributed by atoms with Crippen molar-refractivity contribution in [2.24, 2.45) is 13.0 Å². The van der Waals surface area contributed by atoms with Crippen LogP contribution in [0.25, 0.3) is 0 Å². The number of anilines is 1. The van der Waals surface area contributed by atoms with Gasteiger partial charge in [0.25, 0.3) is 5.95 Å². The van der Waals surface area contributed by atoms with Crippen LogP contribution in [0.1, 0.15) is 71.9 Å². The molecule has 1 saturated carbocycles. The van der Waals surface area contributed by atoms with Crippen LogP contribution < -0.4 is 4.90 Å². The number of hydrogen-bond donors (Lipinski definition) is 0. The summed E-state index contributed by atoms with van der Waals surface area (Å²) < 4.78 is 128. The quantitative estimate of drug-likeness (QED) is 0.170. The zero-order valence-electron chi connectivity index (χ0n) is 23.2. The fourth-order valence-electron chi connectivity index (χ4n) is 5.13. The maximum absolute atomic E-state index is 13.6. The fourth-order valence-corrected chi connectivity index (χ4v) is 5.13. The minimum absolute atomic E-state index is 0.00395. The summed E-state index contributed by atoms with van der Waals surface area (Å²) in [7, 11) is 1.39. The van der Waals surface area contributed by atoms with E-state index in [9.17, 15) is 39.5 Å². The Labute approximate surface area is 241 Å². The van der Waals surface area contributed by atoms with Crippen molar-refractivity contribution in [1.29, 1.82) is 0 Å². The number of benzene rings is 2. The number of tetrazole rings is 1. The molecule has 0 atom stereocenters. The maximum Gasteiger partial charge on any atom is 0.416 e. The molecule has 0 N–H and O–H groups in total. The van der Waals surface area contributed by atoms with Gasteiger partial charge in [0.05, 0.1) is 30.3 Å². The number of ether oxygens (including phenoxy) is 1. The molecule has 43 heavy (non-hydrogen) atoms. The SMILES string of the molecule is Cn1nnc(N(Cc2cc(C(F)(F)F)cc(C(F)(F)F)c2)Cc2cc(C(F)(F)F)ccc2COCCC2CCCCC2)n1. The summed E-state index contributed by atoms with van der Waals surface area (Å²) in [6.45, 7) is -0.611. The van der Waals surface area contributed by atoms with Crippen molar-refractivity contribution in [3.63, 3.8) is 0 Å². The van der Waals surface area contributed by atoms with Crippen molar-refractivity contribution in [1.82, 2.24) is 20.2 Å². The van der Waals surface area contributed by atoms with Crippen molar-refractivity contribution in [2.75, 3.05) is 11.5 Å². The Hall–Kier alpha value is -3.36. The average Bonchev–Trinajstić information content (AvgIpc) is 3.36. The predicted octanol–water partition coefficient (Wildman–Crippen LogP) is 7.96. The standard InChI is InChI=1S/C28H30F9N5O/c1-41-39-25(38-40-41)42(15-19-11-23(27(32,33)34)14-24(12-19)28(35,36)37)16-21-13-22(26(29,30)31)8-7-20(21)17-43-10-9-18-5-3-2-4-6-18/h7-8,11-14,18H,2-6,9-10,15-17H2,1H3. The Morgan fingerprint density at radius 2 is 1.42 bits per heavy atom. The first-order valence-corrected chi connectivity index (χ1v) is 13.6. The summed E-state index contributed by atoms with van der Waals surface area (Å²) in [5.41, 5.74) is -3.93. The summed E-state index contributed by atoms with van der Waals surface area (Å²) in [5, 5.41) is 11.5. The molecule has 0 unspecified atom stereocenters. The van der Waals surface area contributed by atoms with Crippen molar-refractivity contribution < 1.29 is 44.3 Å². The van der Waals surface area contributed by atoms with E-state index in [1.54, 1.807) is 0 Å². The molecule has 1 aliphatic carbocycles. The molecule has 6 nitrogen and oxygen atoms in total. The lowest BCUT2D eigenvalue weighted by Crippen LogP contribution is -2.25. The van der Waals surface area contributed by atoms with E-state index < -0.39 is 47.3 Å². The van der Waals surface area contributed by atoms with E-state index in [1.165, 1.54) is 24.4 Å². The minimum atomic E-state index is -5.07. The molecular formula is C28H30F9N5O. The molecule has 0 spiro atoms. The second-order valence-corrected chi connectivity index (χ2v) is 10.7. The number of aryl methyl sites for hydroxylation is 1. The van der Waals surface area contributed by atoms with Gasteiger partial charge in [-0.25, -0.2) is 0 Å². The summed E-state index contributed by atoms with van der Waals surface area (Å²) in [5.74, 6) is 0.322. The van der Waals surface area contributed by atoms with Crippen LogP contribution in [-0.4, -0.2) is 26.8 Å². The van der Waals surface area contributed by atoms with Crippen LogP contribution in [0.15, 0.2) is 36.4 Å². The van der Waals surface area contributed by atoms with Gasteiger partial charge < -0.3 is 9.64 Å². The van der Waals surface area contributed by atoms with E-state index in [0.717, 1.165) is 49.0 Å². The lowest BCUT2D eigenvalue weighted by atomic mass is 9.87. The molecule has 1 aromatic heterocycles. The number of nitrogens with zero attached hydrogens (tertiary/aromatic N) is 5. The van der Waals surface area contributed by atoms with Crippen LogP contribution in [0.4, 0.5) is 45.5 Å². The lowest BCUT2D eigenvalue weighted by Gasteiger charge is -2.24. The highest BCUT2D eigenvalue weighted by Gasteiger charge is 2.37. The van der Waals surface area contributed by atoms with Crippen molar-refractivity contribution in [2.45, 2.75) is 76.8 Å². The van der Waals surface area contributed by atoms with Crippen molar-refractivity contribution >= 4 is 5.95 Å². The second-order valence-electron chi connectivity index (χ2n) is 10.7. The van der Waals surface area contributed by atoms with Gasteiger partial charge in [0.2, 0.25) is 0 Å². The number of rotatable bonds is 10. The molecule has 1 aliphatic rings. The van der Waals surface area contributed by atoms with Crippen LogP contribution in [0.3, 0.4) is 0 Å². The predicted molar refractivity (Wildman–Crippen MR) is 137 cm³/mol. The van der Waals surface area contributed by atoms with Gasteiger partial charge in [-0.3, -0.25) is 0 Å². The highest BCUT2D eigenvalue weighted by atomic mass is 19.4. The largest absolute Gasteiger partial charge is 0.416 e. The fraction of sp³-hybridized carbons (Fsp3) is 0.536. The third kappa shape index (κ3) is 9.07. The monoisotopic (exact) mass is 623 g/mol. The topological polar surface area (TPSA) is 56.1 Å². The Morgan fingerprint density at radius 1 is 0.791 bits per heavy atom. The van der Waals surface area contributed by atoms with Crippen molar-refractivity contribution in [3.8, 4) is 0 Å². The average molecular weight is 624 g/mol. The third-order valence-corrected chi connectivity index (χ3v) is 7.35. The van der Waals surface area contributed by atoms with E-state index in [4.69, 9.17) is 4.74 Å². The number of alkyl halides is 9. The van der Waals surface area contributed by atoms with Crippen LogP contribution in [0.2, 0.25) is 0 Å². The Kier molecular flexibility index (Phi) is 9.92. The lowest BCUT2D eigenvalue weighted by molar-refractivity contribution is -0.143. The van der Waals surface area contributed by atoms with E-state index in [1.807, 2.05) is 0 Å². The molecule has 1 heterocycles. The Balaban J connectivity index is 1.65. The zero-order chi connectivity index (χ0) is 31.4. The van der Waals surface area contributed by atoms with E-state index in [2.05, 4.69) is 15.4 Å². The summed E-state index contributed by atoms with van der Waals surface area (Å²) in [4.78, 5) is 2.18. The van der Waals surface area contributed by atoms with E-state index in [0.29, 0.717) is 30.2 Å². The molecule has 2 aromatic carbocycles. The summed E-state index contributed by atoms with van der Waals surface area (Å²) >= 11 is 0. The molecule has 0 saturated heterocycles. The van der Waals surface area contributed by atoms with Crippen molar-refractivity contribution in [3.05, 3.63) is 69.8 Å². The van der Waals surface area contributed by atoms with Gasteiger partial charge in [-0.15, -0.1) is 5.10 Å². The van der Waals surface area contributed by atoms with E-state index in [-0.39, 0.29) is 30.7 Å².